The molecule has 1 aliphatic rings. The van der Waals surface area contributed by atoms with Gasteiger partial charge in [-0.3, -0.25) is 9.58 Å². The fourth-order valence-electron chi connectivity index (χ4n) is 3.11. The third-order valence-corrected chi connectivity index (χ3v) is 4.10. The molecule has 0 radical (unpaired) electrons. The molecule has 1 aromatic rings. The predicted octanol–water partition coefficient (Wildman–Crippen LogP) is 1.52. The highest BCUT2D eigenvalue weighted by atomic mass is 15.4. The molecule has 0 aromatic carbocycles. The van der Waals surface area contributed by atoms with E-state index in [0.717, 1.165) is 49.7 Å². The molecule has 0 N–H and O–H groups in total. The lowest BCUT2D eigenvalue weighted by molar-refractivity contribution is 0.232. The number of rotatable bonds is 4. The Morgan fingerprint density at radius 1 is 1.42 bits per heavy atom. The molecule has 1 unspecified atom stereocenters. The molecule has 1 fully saturated rings. The SMILES string of the molecule is CCN(CC)C1CCN(c2c(C#N)c(C)nn2C)C1. The first-order chi connectivity index (χ1) is 9.12. The molecule has 5 nitrogen and oxygen atoms in total. The summed E-state index contributed by atoms with van der Waals surface area (Å²) < 4.78 is 1.85. The molecule has 2 rings (SSSR count). The van der Waals surface area contributed by atoms with Crippen LogP contribution in [0.25, 0.3) is 0 Å². The van der Waals surface area contributed by atoms with Gasteiger partial charge in [-0.15, -0.1) is 0 Å². The third-order valence-electron chi connectivity index (χ3n) is 4.10. The van der Waals surface area contributed by atoms with Gasteiger partial charge < -0.3 is 4.90 Å². The maximum atomic E-state index is 9.30. The van der Waals surface area contributed by atoms with Crippen LogP contribution in [0.3, 0.4) is 0 Å². The molecule has 1 aliphatic heterocycles. The summed E-state index contributed by atoms with van der Waals surface area (Å²) in [4.78, 5) is 4.80. The molecular formula is C14H23N5. The van der Waals surface area contributed by atoms with Crippen LogP contribution in [0.2, 0.25) is 0 Å². The van der Waals surface area contributed by atoms with Crippen LogP contribution in [0.1, 0.15) is 31.5 Å². The van der Waals surface area contributed by atoms with E-state index in [1.54, 1.807) is 0 Å². The molecule has 104 valence electrons. The van der Waals surface area contributed by atoms with Gasteiger partial charge in [-0.05, 0) is 26.4 Å². The van der Waals surface area contributed by atoms with E-state index in [2.05, 4.69) is 34.8 Å². The van der Waals surface area contributed by atoms with Gasteiger partial charge in [0, 0.05) is 26.2 Å². The second-order valence-electron chi connectivity index (χ2n) is 5.13. The average molecular weight is 261 g/mol. The standard InChI is InChI=1S/C14H23N5/c1-5-18(6-2)12-7-8-19(10-12)14-13(9-15)11(3)16-17(14)4/h12H,5-8,10H2,1-4H3. The van der Waals surface area contributed by atoms with Crippen molar-refractivity contribution in [3.05, 3.63) is 11.3 Å². The van der Waals surface area contributed by atoms with Crippen LogP contribution >= 0.6 is 0 Å². The molecule has 1 saturated heterocycles. The van der Waals surface area contributed by atoms with Crippen LogP contribution in [0.15, 0.2) is 0 Å². The zero-order valence-electron chi connectivity index (χ0n) is 12.3. The predicted molar refractivity (Wildman–Crippen MR) is 76.2 cm³/mol. The maximum Gasteiger partial charge on any atom is 0.145 e. The van der Waals surface area contributed by atoms with Crippen LogP contribution in [0.5, 0.6) is 0 Å². The number of nitrogens with zero attached hydrogens (tertiary/aromatic N) is 5. The van der Waals surface area contributed by atoms with Gasteiger partial charge in [0.25, 0.3) is 0 Å². The van der Waals surface area contributed by atoms with Gasteiger partial charge in [-0.25, -0.2) is 0 Å². The van der Waals surface area contributed by atoms with Gasteiger partial charge in [-0.1, -0.05) is 13.8 Å². The lowest BCUT2D eigenvalue weighted by atomic mass is 10.2. The number of likely N-dealkylation sites (N-methyl/N-ethyl adjacent to an activating group) is 1. The molecule has 0 spiro atoms. The second kappa shape index (κ2) is 5.62. The second-order valence-corrected chi connectivity index (χ2v) is 5.13. The van der Waals surface area contributed by atoms with Gasteiger partial charge in [0.2, 0.25) is 0 Å². The minimum atomic E-state index is 0.594. The Kier molecular flexibility index (Phi) is 4.11. The van der Waals surface area contributed by atoms with Crippen molar-refractivity contribution in [2.75, 3.05) is 31.1 Å². The third kappa shape index (κ3) is 2.45. The highest BCUT2D eigenvalue weighted by Crippen LogP contribution is 2.27. The van der Waals surface area contributed by atoms with E-state index in [1.807, 2.05) is 18.7 Å². The van der Waals surface area contributed by atoms with E-state index in [9.17, 15) is 5.26 Å². The molecule has 5 heteroatoms. The van der Waals surface area contributed by atoms with Gasteiger partial charge in [0.1, 0.15) is 17.5 Å². The lowest BCUT2D eigenvalue weighted by Crippen LogP contribution is -2.37. The normalized spacial score (nSPS) is 19.2. The summed E-state index contributed by atoms with van der Waals surface area (Å²) in [6.07, 6.45) is 1.16. The number of aromatic nitrogens is 2. The molecule has 0 bridgehead atoms. The number of anilines is 1. The van der Waals surface area contributed by atoms with Crippen molar-refractivity contribution in [2.24, 2.45) is 7.05 Å². The van der Waals surface area contributed by atoms with Crippen LogP contribution < -0.4 is 4.90 Å². The lowest BCUT2D eigenvalue weighted by Gasteiger charge is -2.26. The van der Waals surface area contributed by atoms with Crippen molar-refractivity contribution >= 4 is 5.82 Å². The van der Waals surface area contributed by atoms with Crippen molar-refractivity contribution < 1.29 is 0 Å². The van der Waals surface area contributed by atoms with E-state index in [4.69, 9.17) is 0 Å². The van der Waals surface area contributed by atoms with E-state index >= 15 is 0 Å². The Balaban J connectivity index is 2.20. The number of hydrogen-bond donors (Lipinski definition) is 0. The summed E-state index contributed by atoms with van der Waals surface area (Å²) in [7, 11) is 1.92. The van der Waals surface area contributed by atoms with Crippen LogP contribution in [-0.2, 0) is 7.05 Å². The van der Waals surface area contributed by atoms with E-state index < -0.39 is 0 Å². The van der Waals surface area contributed by atoms with Crippen molar-refractivity contribution in [2.45, 2.75) is 33.2 Å². The number of hydrogen-bond acceptors (Lipinski definition) is 4. The molecular weight excluding hydrogens is 238 g/mol. The molecule has 1 aromatic heterocycles. The van der Waals surface area contributed by atoms with Gasteiger partial charge in [0.15, 0.2) is 0 Å². The summed E-state index contributed by atoms with van der Waals surface area (Å²) in [6.45, 7) is 10.5. The zero-order chi connectivity index (χ0) is 14.0. The van der Waals surface area contributed by atoms with E-state index in [0.29, 0.717) is 6.04 Å². The maximum absolute atomic E-state index is 9.30. The molecule has 0 amide bonds. The first-order valence-electron chi connectivity index (χ1n) is 7.05. The highest BCUT2D eigenvalue weighted by molar-refractivity contribution is 5.57. The summed E-state index contributed by atoms with van der Waals surface area (Å²) in [5.41, 5.74) is 1.55. The first-order valence-corrected chi connectivity index (χ1v) is 7.05. The van der Waals surface area contributed by atoms with Crippen molar-refractivity contribution in [3.63, 3.8) is 0 Å². The van der Waals surface area contributed by atoms with Crippen molar-refractivity contribution in [1.29, 1.82) is 5.26 Å². The van der Waals surface area contributed by atoms with E-state index in [-0.39, 0.29) is 0 Å². The zero-order valence-corrected chi connectivity index (χ0v) is 12.3. The summed E-state index contributed by atoms with van der Waals surface area (Å²) in [5.74, 6) is 0.981. The Labute approximate surface area is 115 Å². The number of aryl methyl sites for hydroxylation is 2. The van der Waals surface area contributed by atoms with Crippen LogP contribution in [0.4, 0.5) is 5.82 Å². The van der Waals surface area contributed by atoms with E-state index in [1.165, 1.54) is 0 Å². The summed E-state index contributed by atoms with van der Waals surface area (Å²) in [5, 5.41) is 13.7. The molecule has 19 heavy (non-hydrogen) atoms. The van der Waals surface area contributed by atoms with Gasteiger partial charge >= 0.3 is 0 Å². The minimum absolute atomic E-state index is 0.594. The largest absolute Gasteiger partial charge is 0.354 e. The smallest absolute Gasteiger partial charge is 0.145 e. The monoisotopic (exact) mass is 261 g/mol. The summed E-state index contributed by atoms with van der Waals surface area (Å²) in [6, 6.07) is 2.89. The minimum Gasteiger partial charge on any atom is -0.354 e. The number of nitriles is 1. The average Bonchev–Trinajstić information content (AvgIpc) is 2.95. The highest BCUT2D eigenvalue weighted by Gasteiger charge is 2.30. The van der Waals surface area contributed by atoms with Crippen LogP contribution in [0, 0.1) is 18.3 Å². The molecule has 0 aliphatic carbocycles. The van der Waals surface area contributed by atoms with Gasteiger partial charge in [0.05, 0.1) is 5.69 Å². The summed E-state index contributed by atoms with van der Waals surface area (Å²) >= 11 is 0. The van der Waals surface area contributed by atoms with Crippen molar-refractivity contribution in [3.8, 4) is 6.07 Å². The fraction of sp³-hybridized carbons (Fsp3) is 0.714. The Morgan fingerprint density at radius 2 is 2.11 bits per heavy atom. The molecule has 0 saturated carbocycles. The molecule has 2 heterocycles. The Morgan fingerprint density at radius 3 is 2.68 bits per heavy atom. The molecule has 1 atom stereocenters. The first kappa shape index (κ1) is 13.9. The Hall–Kier alpha value is -1.54. The van der Waals surface area contributed by atoms with Gasteiger partial charge in [-0.2, -0.15) is 10.4 Å². The Bertz CT molecular complexity index is 481. The fourth-order valence-corrected chi connectivity index (χ4v) is 3.11. The topological polar surface area (TPSA) is 48.1 Å². The van der Waals surface area contributed by atoms with Crippen LogP contribution in [-0.4, -0.2) is 46.9 Å². The van der Waals surface area contributed by atoms with Crippen molar-refractivity contribution in [1.82, 2.24) is 14.7 Å². The quantitative estimate of drug-likeness (QED) is 0.824.